The SMILES string of the molecule is CCCC(=O)N1N=C(c2ccc(NC(C)=O)cc2)C[C@H]1c1ccco1. The number of carbonyl (C=O) groups is 2. The number of anilines is 1. The van der Waals surface area contributed by atoms with Crippen LogP contribution < -0.4 is 5.32 Å². The minimum absolute atomic E-state index is 0.00577. The number of nitrogens with zero attached hydrogens (tertiary/aromatic N) is 2. The van der Waals surface area contributed by atoms with Crippen LogP contribution in [0.25, 0.3) is 0 Å². The molecule has 1 aromatic heterocycles. The van der Waals surface area contributed by atoms with Crippen molar-refractivity contribution in [3.05, 3.63) is 54.0 Å². The lowest BCUT2D eigenvalue weighted by Gasteiger charge is -2.19. The van der Waals surface area contributed by atoms with Crippen LogP contribution in [0.15, 0.2) is 52.2 Å². The van der Waals surface area contributed by atoms with E-state index in [-0.39, 0.29) is 17.9 Å². The van der Waals surface area contributed by atoms with Crippen molar-refractivity contribution >= 4 is 23.2 Å². The first-order valence-corrected chi connectivity index (χ1v) is 8.39. The van der Waals surface area contributed by atoms with Crippen molar-refractivity contribution < 1.29 is 14.0 Å². The molecule has 0 radical (unpaired) electrons. The normalized spacial score (nSPS) is 16.6. The molecule has 2 amide bonds. The second-order valence-electron chi connectivity index (χ2n) is 6.03. The predicted molar refractivity (Wildman–Crippen MR) is 95.1 cm³/mol. The Bertz CT molecular complexity index is 779. The maximum atomic E-state index is 12.4. The van der Waals surface area contributed by atoms with Crippen LogP contribution in [-0.2, 0) is 9.59 Å². The van der Waals surface area contributed by atoms with E-state index in [4.69, 9.17) is 4.42 Å². The van der Waals surface area contributed by atoms with E-state index >= 15 is 0 Å². The molecular weight excluding hydrogens is 318 g/mol. The lowest BCUT2D eigenvalue weighted by atomic mass is 10.0. The molecule has 130 valence electrons. The summed E-state index contributed by atoms with van der Waals surface area (Å²) in [6.45, 7) is 3.45. The number of rotatable bonds is 5. The molecule has 1 aliphatic rings. The van der Waals surface area contributed by atoms with Crippen molar-refractivity contribution in [2.75, 3.05) is 5.32 Å². The Morgan fingerprint density at radius 2 is 2.04 bits per heavy atom. The van der Waals surface area contributed by atoms with Crippen LogP contribution in [-0.4, -0.2) is 22.5 Å². The van der Waals surface area contributed by atoms with Gasteiger partial charge in [-0.25, -0.2) is 5.01 Å². The zero-order chi connectivity index (χ0) is 17.8. The summed E-state index contributed by atoms with van der Waals surface area (Å²) in [6, 6.07) is 10.9. The van der Waals surface area contributed by atoms with Crippen molar-refractivity contribution in [1.82, 2.24) is 5.01 Å². The molecule has 6 heteroatoms. The van der Waals surface area contributed by atoms with Gasteiger partial charge in [-0.1, -0.05) is 19.1 Å². The van der Waals surface area contributed by atoms with Gasteiger partial charge in [0.2, 0.25) is 11.8 Å². The van der Waals surface area contributed by atoms with Crippen LogP contribution in [0.1, 0.15) is 50.5 Å². The van der Waals surface area contributed by atoms with Crippen molar-refractivity contribution in [2.45, 2.75) is 39.2 Å². The highest BCUT2D eigenvalue weighted by Gasteiger charge is 2.34. The van der Waals surface area contributed by atoms with Gasteiger partial charge in [-0.3, -0.25) is 9.59 Å². The Morgan fingerprint density at radius 3 is 2.64 bits per heavy atom. The Morgan fingerprint density at radius 1 is 1.28 bits per heavy atom. The highest BCUT2D eigenvalue weighted by molar-refractivity contribution is 6.03. The number of nitrogens with one attached hydrogen (secondary N) is 1. The van der Waals surface area contributed by atoms with E-state index in [9.17, 15) is 9.59 Å². The van der Waals surface area contributed by atoms with Gasteiger partial charge in [-0.2, -0.15) is 5.10 Å². The minimum Gasteiger partial charge on any atom is -0.467 e. The first-order valence-electron chi connectivity index (χ1n) is 8.39. The molecule has 1 aromatic carbocycles. The third kappa shape index (κ3) is 3.79. The summed E-state index contributed by atoms with van der Waals surface area (Å²) < 4.78 is 5.51. The van der Waals surface area contributed by atoms with E-state index in [1.54, 1.807) is 11.3 Å². The zero-order valence-electron chi connectivity index (χ0n) is 14.4. The molecule has 0 fully saturated rings. The van der Waals surface area contributed by atoms with Gasteiger partial charge in [0, 0.05) is 25.5 Å². The molecule has 0 spiro atoms. The van der Waals surface area contributed by atoms with Crippen molar-refractivity contribution in [3.8, 4) is 0 Å². The molecule has 25 heavy (non-hydrogen) atoms. The van der Waals surface area contributed by atoms with Gasteiger partial charge in [-0.15, -0.1) is 0 Å². The molecule has 1 atom stereocenters. The van der Waals surface area contributed by atoms with Gasteiger partial charge in [0.25, 0.3) is 0 Å². The van der Waals surface area contributed by atoms with E-state index in [2.05, 4.69) is 10.4 Å². The maximum Gasteiger partial charge on any atom is 0.243 e. The van der Waals surface area contributed by atoms with Crippen LogP contribution in [0.5, 0.6) is 0 Å². The van der Waals surface area contributed by atoms with E-state index < -0.39 is 0 Å². The quantitative estimate of drug-likeness (QED) is 0.902. The van der Waals surface area contributed by atoms with Gasteiger partial charge in [-0.05, 0) is 36.2 Å². The van der Waals surface area contributed by atoms with Gasteiger partial charge >= 0.3 is 0 Å². The average molecular weight is 339 g/mol. The van der Waals surface area contributed by atoms with E-state index in [1.165, 1.54) is 6.92 Å². The van der Waals surface area contributed by atoms with E-state index in [0.29, 0.717) is 12.8 Å². The summed E-state index contributed by atoms with van der Waals surface area (Å²) in [5.74, 6) is 0.618. The van der Waals surface area contributed by atoms with Crippen molar-refractivity contribution in [2.24, 2.45) is 5.10 Å². The number of carbonyl (C=O) groups excluding carboxylic acids is 2. The lowest BCUT2D eigenvalue weighted by molar-refractivity contribution is -0.133. The molecule has 2 aromatic rings. The van der Waals surface area contributed by atoms with Crippen LogP contribution in [0, 0.1) is 0 Å². The Labute approximate surface area is 146 Å². The highest BCUT2D eigenvalue weighted by Crippen LogP contribution is 2.33. The smallest absolute Gasteiger partial charge is 0.243 e. The second-order valence-corrected chi connectivity index (χ2v) is 6.03. The van der Waals surface area contributed by atoms with Crippen LogP contribution in [0.4, 0.5) is 5.69 Å². The molecule has 0 saturated heterocycles. The number of furan rings is 1. The van der Waals surface area contributed by atoms with E-state index in [1.807, 2.05) is 43.3 Å². The molecule has 0 aliphatic carbocycles. The minimum atomic E-state index is -0.209. The highest BCUT2D eigenvalue weighted by atomic mass is 16.3. The van der Waals surface area contributed by atoms with Crippen molar-refractivity contribution in [3.63, 3.8) is 0 Å². The summed E-state index contributed by atoms with van der Waals surface area (Å²) in [4.78, 5) is 23.6. The molecule has 1 N–H and O–H groups in total. The Hall–Kier alpha value is -2.89. The summed E-state index contributed by atoms with van der Waals surface area (Å²) in [7, 11) is 0. The summed E-state index contributed by atoms with van der Waals surface area (Å²) in [5.41, 5.74) is 2.49. The topological polar surface area (TPSA) is 74.9 Å². The third-order valence-corrected chi connectivity index (χ3v) is 4.04. The number of hydrazone groups is 1. The number of benzene rings is 1. The Balaban J connectivity index is 1.84. The average Bonchev–Trinajstić information content (AvgIpc) is 3.24. The first-order chi connectivity index (χ1) is 12.1. The fourth-order valence-electron chi connectivity index (χ4n) is 2.89. The zero-order valence-corrected chi connectivity index (χ0v) is 14.4. The molecule has 0 saturated carbocycles. The van der Waals surface area contributed by atoms with Gasteiger partial charge < -0.3 is 9.73 Å². The van der Waals surface area contributed by atoms with Gasteiger partial charge in [0.1, 0.15) is 11.8 Å². The number of hydrogen-bond donors (Lipinski definition) is 1. The molecule has 0 bridgehead atoms. The Kier molecular flexibility index (Phi) is 4.97. The molecule has 0 unspecified atom stereocenters. The molecule has 1 aliphatic heterocycles. The van der Waals surface area contributed by atoms with Crippen molar-refractivity contribution in [1.29, 1.82) is 0 Å². The third-order valence-electron chi connectivity index (χ3n) is 4.04. The second kappa shape index (κ2) is 7.34. The number of amides is 2. The summed E-state index contributed by atoms with van der Waals surface area (Å²) in [5, 5.41) is 8.84. The number of hydrogen-bond acceptors (Lipinski definition) is 4. The van der Waals surface area contributed by atoms with Crippen LogP contribution in [0.2, 0.25) is 0 Å². The fraction of sp³-hybridized carbons (Fsp3) is 0.316. The monoisotopic (exact) mass is 339 g/mol. The van der Waals surface area contributed by atoms with Crippen LogP contribution >= 0.6 is 0 Å². The van der Waals surface area contributed by atoms with E-state index in [0.717, 1.165) is 29.1 Å². The first kappa shape index (κ1) is 17.0. The maximum absolute atomic E-state index is 12.4. The lowest BCUT2D eigenvalue weighted by Crippen LogP contribution is -2.26. The van der Waals surface area contributed by atoms with Gasteiger partial charge in [0.05, 0.1) is 12.0 Å². The van der Waals surface area contributed by atoms with Gasteiger partial charge in [0.15, 0.2) is 0 Å². The standard InChI is InChI=1S/C19H21N3O3/c1-3-5-19(24)22-17(18-6-4-11-25-18)12-16(21-22)14-7-9-15(10-8-14)20-13(2)23/h4,6-11,17H,3,5,12H2,1-2H3,(H,20,23)/t17-/m0/s1. The molecular formula is C19H21N3O3. The molecule has 6 nitrogen and oxygen atoms in total. The molecule has 2 heterocycles. The fourth-order valence-corrected chi connectivity index (χ4v) is 2.89. The predicted octanol–water partition coefficient (Wildman–Crippen LogP) is 3.72. The largest absolute Gasteiger partial charge is 0.467 e. The molecule has 3 rings (SSSR count). The van der Waals surface area contributed by atoms with Crippen LogP contribution in [0.3, 0.4) is 0 Å². The summed E-state index contributed by atoms with van der Waals surface area (Å²) in [6.07, 6.45) is 3.44. The summed E-state index contributed by atoms with van der Waals surface area (Å²) >= 11 is 0.